The average Bonchev–Trinajstić information content (AvgIpc) is 2.55. The number of nitrogens with one attached hydrogen (secondary N) is 1. The molecule has 0 radical (unpaired) electrons. The summed E-state index contributed by atoms with van der Waals surface area (Å²) in [6.45, 7) is 0.522. The monoisotopic (exact) mass is 298 g/mol. The molecule has 0 spiro atoms. The molecule has 0 unspecified atom stereocenters. The molecule has 3 atom stereocenters. The second-order valence-corrected chi connectivity index (χ2v) is 6.10. The van der Waals surface area contributed by atoms with Crippen LogP contribution in [0.15, 0.2) is 42.5 Å². The summed E-state index contributed by atoms with van der Waals surface area (Å²) < 4.78 is 0. The van der Waals surface area contributed by atoms with E-state index in [-0.39, 0.29) is 17.9 Å². The maximum Gasteiger partial charge on any atom is 0.223 e. The Bertz CT molecular complexity index is 666. The number of aliphatic hydroxyl groups is 1. The van der Waals surface area contributed by atoms with Gasteiger partial charge >= 0.3 is 0 Å². The minimum atomic E-state index is -0.470. The summed E-state index contributed by atoms with van der Waals surface area (Å²) in [6.07, 6.45) is 1.40. The Morgan fingerprint density at radius 2 is 1.95 bits per heavy atom. The Morgan fingerprint density at radius 1 is 1.18 bits per heavy atom. The number of nitrogens with two attached hydrogens (primary N) is 1. The molecule has 22 heavy (non-hydrogen) atoms. The molecule has 0 saturated heterocycles. The smallest absolute Gasteiger partial charge is 0.223 e. The minimum Gasteiger partial charge on any atom is -0.392 e. The van der Waals surface area contributed by atoms with Gasteiger partial charge in [-0.3, -0.25) is 4.79 Å². The largest absolute Gasteiger partial charge is 0.392 e. The Morgan fingerprint density at radius 3 is 2.77 bits per heavy atom. The van der Waals surface area contributed by atoms with Crippen LogP contribution in [0.3, 0.4) is 0 Å². The number of benzene rings is 2. The minimum absolute atomic E-state index is 0.0373. The molecular formula is C18H22N2O2. The maximum absolute atomic E-state index is 12.3. The van der Waals surface area contributed by atoms with Crippen LogP contribution in [0.4, 0.5) is 0 Å². The number of carbonyl (C=O) groups excluding carboxylic acids is 1. The fourth-order valence-electron chi connectivity index (χ4n) is 3.20. The lowest BCUT2D eigenvalue weighted by atomic mass is 9.83. The highest BCUT2D eigenvalue weighted by molar-refractivity contribution is 5.86. The first-order valence-electron chi connectivity index (χ1n) is 7.83. The second kappa shape index (κ2) is 6.46. The van der Waals surface area contributed by atoms with Crippen LogP contribution < -0.4 is 11.1 Å². The van der Waals surface area contributed by atoms with E-state index in [4.69, 9.17) is 5.73 Å². The van der Waals surface area contributed by atoms with E-state index in [1.807, 2.05) is 24.3 Å². The molecule has 4 nitrogen and oxygen atoms in total. The van der Waals surface area contributed by atoms with Gasteiger partial charge in [-0.1, -0.05) is 42.5 Å². The molecule has 4 N–H and O–H groups in total. The van der Waals surface area contributed by atoms with E-state index in [2.05, 4.69) is 23.5 Å². The summed E-state index contributed by atoms with van der Waals surface area (Å²) in [5, 5.41) is 15.0. The van der Waals surface area contributed by atoms with Crippen molar-refractivity contribution in [2.24, 2.45) is 11.7 Å². The Kier molecular flexibility index (Phi) is 4.41. The number of hydrogen-bond acceptors (Lipinski definition) is 3. The molecule has 0 heterocycles. The number of aliphatic hydroxyl groups excluding tert-OH is 1. The molecule has 0 aliphatic heterocycles. The van der Waals surface area contributed by atoms with Crippen LogP contribution in [0.2, 0.25) is 0 Å². The quantitative estimate of drug-likeness (QED) is 0.810. The molecule has 116 valence electrons. The van der Waals surface area contributed by atoms with Crippen molar-refractivity contribution in [2.45, 2.75) is 38.0 Å². The van der Waals surface area contributed by atoms with Crippen LogP contribution in [0, 0.1) is 5.92 Å². The van der Waals surface area contributed by atoms with Gasteiger partial charge in [-0.2, -0.15) is 0 Å². The number of fused-ring (bicyclic) bond motifs is 1. The van der Waals surface area contributed by atoms with Gasteiger partial charge in [-0.25, -0.2) is 0 Å². The molecule has 2 aromatic carbocycles. The fourth-order valence-corrected chi connectivity index (χ4v) is 3.20. The third-order valence-corrected chi connectivity index (χ3v) is 4.57. The van der Waals surface area contributed by atoms with Gasteiger partial charge < -0.3 is 16.2 Å². The van der Waals surface area contributed by atoms with Gasteiger partial charge in [-0.15, -0.1) is 0 Å². The van der Waals surface area contributed by atoms with Gasteiger partial charge in [0, 0.05) is 18.5 Å². The summed E-state index contributed by atoms with van der Waals surface area (Å²) in [6, 6.07) is 14.0. The third-order valence-electron chi connectivity index (χ3n) is 4.57. The van der Waals surface area contributed by atoms with Crippen molar-refractivity contribution in [1.29, 1.82) is 0 Å². The molecule has 1 aliphatic rings. The van der Waals surface area contributed by atoms with Crippen LogP contribution in [0.1, 0.15) is 24.8 Å². The van der Waals surface area contributed by atoms with Crippen LogP contribution in [0.25, 0.3) is 10.8 Å². The first-order valence-corrected chi connectivity index (χ1v) is 7.83. The highest BCUT2D eigenvalue weighted by atomic mass is 16.3. The second-order valence-electron chi connectivity index (χ2n) is 6.10. The predicted octanol–water partition coefficient (Wildman–Crippen LogP) is 1.94. The van der Waals surface area contributed by atoms with E-state index in [0.29, 0.717) is 25.8 Å². The summed E-state index contributed by atoms with van der Waals surface area (Å²) >= 11 is 0. The molecule has 3 rings (SSSR count). The van der Waals surface area contributed by atoms with Crippen molar-refractivity contribution in [3.05, 3.63) is 48.0 Å². The lowest BCUT2D eigenvalue weighted by Crippen LogP contribution is -2.44. The number of amides is 1. The van der Waals surface area contributed by atoms with Gasteiger partial charge in [-0.05, 0) is 35.6 Å². The van der Waals surface area contributed by atoms with Crippen molar-refractivity contribution in [2.75, 3.05) is 0 Å². The Labute approximate surface area is 130 Å². The van der Waals surface area contributed by atoms with Gasteiger partial charge in [0.05, 0.1) is 6.10 Å². The van der Waals surface area contributed by atoms with Crippen LogP contribution in [-0.4, -0.2) is 23.2 Å². The van der Waals surface area contributed by atoms with Crippen LogP contribution in [0.5, 0.6) is 0 Å². The zero-order valence-corrected chi connectivity index (χ0v) is 12.5. The van der Waals surface area contributed by atoms with E-state index in [1.54, 1.807) is 0 Å². The topological polar surface area (TPSA) is 75.4 Å². The standard InChI is InChI=1S/C18H22N2O2/c19-16-10-13(8-9-17(16)21)18(22)20-11-14-6-3-5-12-4-1-2-7-15(12)14/h1-7,13,16-17,21H,8-11,19H2,(H,20,22)/t13-,16+,17+/m0/s1. The summed E-state index contributed by atoms with van der Waals surface area (Å²) in [5.74, 6) is -0.0522. The van der Waals surface area contributed by atoms with E-state index in [1.165, 1.54) is 10.8 Å². The van der Waals surface area contributed by atoms with Crippen molar-refractivity contribution >= 4 is 16.7 Å². The molecule has 1 aliphatic carbocycles. The number of hydrogen-bond donors (Lipinski definition) is 3. The van der Waals surface area contributed by atoms with Crippen molar-refractivity contribution < 1.29 is 9.90 Å². The molecule has 0 bridgehead atoms. The highest BCUT2D eigenvalue weighted by Gasteiger charge is 2.30. The zero-order valence-electron chi connectivity index (χ0n) is 12.5. The summed E-state index contributed by atoms with van der Waals surface area (Å²) in [4.78, 5) is 12.3. The average molecular weight is 298 g/mol. The molecular weight excluding hydrogens is 276 g/mol. The molecule has 4 heteroatoms. The maximum atomic E-state index is 12.3. The summed E-state index contributed by atoms with van der Waals surface area (Å²) in [7, 11) is 0. The van der Waals surface area contributed by atoms with Gasteiger partial charge in [0.2, 0.25) is 5.91 Å². The van der Waals surface area contributed by atoms with Crippen molar-refractivity contribution in [3.8, 4) is 0 Å². The van der Waals surface area contributed by atoms with Crippen LogP contribution in [-0.2, 0) is 11.3 Å². The molecule has 1 amide bonds. The third kappa shape index (κ3) is 3.13. The van der Waals surface area contributed by atoms with E-state index < -0.39 is 6.10 Å². The van der Waals surface area contributed by atoms with Gasteiger partial charge in [0.25, 0.3) is 0 Å². The number of rotatable bonds is 3. The molecule has 1 fully saturated rings. The molecule has 1 saturated carbocycles. The van der Waals surface area contributed by atoms with Crippen molar-refractivity contribution in [3.63, 3.8) is 0 Å². The first-order chi connectivity index (χ1) is 10.6. The van der Waals surface area contributed by atoms with E-state index in [9.17, 15) is 9.90 Å². The molecule has 2 aromatic rings. The van der Waals surface area contributed by atoms with Gasteiger partial charge in [0.1, 0.15) is 0 Å². The summed E-state index contributed by atoms with van der Waals surface area (Å²) in [5.41, 5.74) is 6.98. The predicted molar refractivity (Wildman–Crippen MR) is 87.1 cm³/mol. The zero-order chi connectivity index (χ0) is 15.5. The Hall–Kier alpha value is -1.91. The lowest BCUT2D eigenvalue weighted by Gasteiger charge is -2.30. The number of carbonyl (C=O) groups is 1. The van der Waals surface area contributed by atoms with Crippen LogP contribution >= 0.6 is 0 Å². The fraction of sp³-hybridized carbons (Fsp3) is 0.389. The highest BCUT2D eigenvalue weighted by Crippen LogP contribution is 2.24. The SMILES string of the molecule is N[C@@H]1C[C@@H](C(=O)NCc2cccc3ccccc23)CC[C@H]1O. The Balaban J connectivity index is 1.65. The lowest BCUT2D eigenvalue weighted by molar-refractivity contribution is -0.127. The van der Waals surface area contributed by atoms with E-state index in [0.717, 1.165) is 5.56 Å². The normalized spacial score (nSPS) is 25.1. The van der Waals surface area contributed by atoms with Gasteiger partial charge in [0.15, 0.2) is 0 Å². The molecule has 0 aromatic heterocycles. The van der Waals surface area contributed by atoms with E-state index >= 15 is 0 Å². The first kappa shape index (κ1) is 15.0. The van der Waals surface area contributed by atoms with Crippen molar-refractivity contribution in [1.82, 2.24) is 5.32 Å².